The van der Waals surface area contributed by atoms with Crippen molar-refractivity contribution in [3.63, 3.8) is 0 Å². The Morgan fingerprint density at radius 1 is 0.355 bits per heavy atom. The van der Waals surface area contributed by atoms with Crippen LogP contribution in [0.1, 0.15) is 77.6 Å². The van der Waals surface area contributed by atoms with Crippen molar-refractivity contribution >= 4 is 39.0 Å². The molecular weight excluding hydrogens is 751 g/mol. The zero-order chi connectivity index (χ0) is 42.8. The van der Waals surface area contributed by atoms with Gasteiger partial charge in [0, 0.05) is 38.8 Å². The van der Waals surface area contributed by atoms with E-state index in [0.717, 1.165) is 44.6 Å². The van der Waals surface area contributed by atoms with Crippen LogP contribution in [0.25, 0.3) is 66.4 Å². The number of para-hydroxylation sites is 2. The first kappa shape index (κ1) is 38.3. The van der Waals surface area contributed by atoms with Crippen LogP contribution in [-0.4, -0.2) is 0 Å². The average molecular weight is 804 g/mol. The number of benzene rings is 8. The minimum atomic E-state index is -0.113. The average Bonchev–Trinajstić information content (AvgIpc) is 3.81. The number of furan rings is 1. The molecule has 8 aromatic carbocycles. The number of rotatable bonds is 6. The van der Waals surface area contributed by atoms with Gasteiger partial charge >= 0.3 is 0 Å². The number of anilines is 3. The van der Waals surface area contributed by atoms with Crippen molar-refractivity contribution in [3.05, 3.63) is 198 Å². The molecule has 62 heavy (non-hydrogen) atoms. The highest BCUT2D eigenvalue weighted by molar-refractivity contribution is 6.10. The van der Waals surface area contributed by atoms with Crippen molar-refractivity contribution in [3.8, 4) is 44.5 Å². The van der Waals surface area contributed by atoms with Gasteiger partial charge in [0.1, 0.15) is 11.2 Å². The minimum Gasteiger partial charge on any atom is -0.455 e. The van der Waals surface area contributed by atoms with Crippen LogP contribution >= 0.6 is 0 Å². The van der Waals surface area contributed by atoms with Gasteiger partial charge in [-0.2, -0.15) is 0 Å². The Labute approximate surface area is 366 Å². The van der Waals surface area contributed by atoms with Gasteiger partial charge in [-0.15, -0.1) is 0 Å². The van der Waals surface area contributed by atoms with Gasteiger partial charge in [0.15, 0.2) is 0 Å². The third-order valence-electron chi connectivity index (χ3n) is 15.8. The minimum absolute atomic E-state index is 0.0236. The van der Waals surface area contributed by atoms with E-state index in [2.05, 4.69) is 236 Å². The van der Waals surface area contributed by atoms with E-state index in [4.69, 9.17) is 4.42 Å². The molecule has 2 heteroatoms. The highest BCUT2D eigenvalue weighted by Crippen LogP contribution is 2.63. The Kier molecular flexibility index (Phi) is 8.29. The Balaban J connectivity index is 1.08. The van der Waals surface area contributed by atoms with Crippen molar-refractivity contribution in [2.24, 2.45) is 5.41 Å². The molecule has 0 aliphatic heterocycles. The molecule has 0 unspecified atom stereocenters. The van der Waals surface area contributed by atoms with E-state index in [-0.39, 0.29) is 21.7 Å². The third kappa shape index (κ3) is 5.42. The largest absolute Gasteiger partial charge is 0.455 e. The molecule has 0 saturated carbocycles. The maximum atomic E-state index is 6.73. The third-order valence-corrected chi connectivity index (χ3v) is 15.8. The van der Waals surface area contributed by atoms with Crippen LogP contribution in [0.15, 0.2) is 180 Å². The van der Waals surface area contributed by atoms with Gasteiger partial charge in [-0.3, -0.25) is 0 Å². The fourth-order valence-electron chi connectivity index (χ4n) is 11.0. The first-order chi connectivity index (χ1) is 29.8. The molecule has 0 spiro atoms. The van der Waals surface area contributed by atoms with Gasteiger partial charge in [0.2, 0.25) is 0 Å². The fourth-order valence-corrected chi connectivity index (χ4v) is 11.0. The maximum Gasteiger partial charge on any atom is 0.143 e. The van der Waals surface area contributed by atoms with Crippen molar-refractivity contribution in [1.82, 2.24) is 0 Å². The van der Waals surface area contributed by atoms with Crippen LogP contribution in [0, 0.1) is 5.41 Å². The Hall–Kier alpha value is -6.64. The van der Waals surface area contributed by atoms with Crippen molar-refractivity contribution in [2.75, 3.05) is 4.90 Å². The van der Waals surface area contributed by atoms with E-state index in [1.54, 1.807) is 0 Å². The summed E-state index contributed by atoms with van der Waals surface area (Å²) in [5, 5.41) is 2.30. The van der Waals surface area contributed by atoms with E-state index in [0.29, 0.717) is 0 Å². The van der Waals surface area contributed by atoms with E-state index in [9.17, 15) is 0 Å². The molecule has 1 heterocycles. The van der Waals surface area contributed by atoms with E-state index in [1.807, 2.05) is 0 Å². The number of hydrogen-bond donors (Lipinski definition) is 0. The fraction of sp³-hybridized carbons (Fsp3) is 0.200. The van der Waals surface area contributed by atoms with Crippen molar-refractivity contribution in [1.29, 1.82) is 0 Å². The second-order valence-corrected chi connectivity index (χ2v) is 19.8. The van der Waals surface area contributed by atoms with Crippen LogP contribution in [0.4, 0.5) is 17.1 Å². The summed E-state index contributed by atoms with van der Waals surface area (Å²) in [6, 6.07) is 64.9. The molecule has 0 bridgehead atoms. The van der Waals surface area contributed by atoms with E-state index < -0.39 is 0 Å². The smallest absolute Gasteiger partial charge is 0.143 e. The highest BCUT2D eigenvalue weighted by Gasteiger charge is 2.57. The molecule has 2 aliphatic carbocycles. The lowest BCUT2D eigenvalue weighted by Crippen LogP contribution is -2.42. The molecule has 304 valence electrons. The number of hydrogen-bond acceptors (Lipinski definition) is 2. The van der Waals surface area contributed by atoms with Crippen molar-refractivity contribution in [2.45, 2.75) is 71.6 Å². The summed E-state index contributed by atoms with van der Waals surface area (Å²) >= 11 is 0. The first-order valence-corrected chi connectivity index (χ1v) is 22.2. The zero-order valence-electron chi connectivity index (χ0n) is 37.1. The summed E-state index contributed by atoms with van der Waals surface area (Å²) < 4.78 is 6.73. The van der Waals surface area contributed by atoms with Crippen LogP contribution in [-0.2, 0) is 16.2 Å². The maximum absolute atomic E-state index is 6.73. The molecule has 0 amide bonds. The molecule has 1 aromatic heterocycles. The summed E-state index contributed by atoms with van der Waals surface area (Å²) in [4.78, 5) is 2.42. The monoisotopic (exact) mass is 803 g/mol. The molecule has 9 aromatic rings. The lowest BCUT2D eigenvalue weighted by Gasteiger charge is -2.44. The molecule has 0 N–H and O–H groups in total. The molecule has 2 nitrogen and oxygen atoms in total. The van der Waals surface area contributed by atoms with E-state index >= 15 is 0 Å². The second kappa shape index (κ2) is 13.4. The van der Waals surface area contributed by atoms with Crippen molar-refractivity contribution < 1.29 is 4.42 Å². The van der Waals surface area contributed by atoms with Gasteiger partial charge < -0.3 is 9.32 Å². The van der Waals surface area contributed by atoms with Crippen LogP contribution in [0.2, 0.25) is 0 Å². The standard InChI is InChI=1S/C60H53NO/c1-57(2)51-23-14-12-19-44(51)45-34-33-43(35-52(45)57)61(41-29-25-39(26-30-41)38-17-10-9-11-18-38)42-31-27-40(28-32-42)49-36-53-54(59(5,6)60(7,8)58(53,3)4)37-50(49)48-22-16-21-47-46-20-13-15-24-55(46)62-56(47)48/h9-37H,1-8H3. The Morgan fingerprint density at radius 3 is 1.60 bits per heavy atom. The molecule has 0 fully saturated rings. The zero-order valence-corrected chi connectivity index (χ0v) is 37.1. The Morgan fingerprint density at radius 2 is 0.887 bits per heavy atom. The number of fused-ring (bicyclic) bond motifs is 7. The van der Waals surface area contributed by atoms with Gasteiger partial charge in [0.25, 0.3) is 0 Å². The predicted molar refractivity (Wildman–Crippen MR) is 262 cm³/mol. The molecule has 2 aliphatic rings. The topological polar surface area (TPSA) is 16.4 Å². The number of nitrogens with zero attached hydrogens (tertiary/aromatic N) is 1. The quantitative estimate of drug-likeness (QED) is 0.166. The van der Waals surface area contributed by atoms with Crippen LogP contribution < -0.4 is 4.90 Å². The predicted octanol–water partition coefficient (Wildman–Crippen LogP) is 17.0. The van der Waals surface area contributed by atoms with Crippen LogP contribution in [0.5, 0.6) is 0 Å². The molecule has 11 rings (SSSR count). The SMILES string of the molecule is CC1(C)c2ccccc2-c2ccc(N(c3ccc(-c4ccccc4)cc3)c3ccc(-c4cc5c(cc4-c4cccc6c4oc4ccccc46)C(C)(C)C(C)(C)C5(C)C)cc3)cc21. The van der Waals surface area contributed by atoms with Crippen LogP contribution in [0.3, 0.4) is 0 Å². The van der Waals surface area contributed by atoms with E-state index in [1.165, 1.54) is 61.2 Å². The summed E-state index contributed by atoms with van der Waals surface area (Å²) in [5.74, 6) is 0. The highest BCUT2D eigenvalue weighted by atomic mass is 16.3. The lowest BCUT2D eigenvalue weighted by molar-refractivity contribution is 0.125. The Bertz CT molecular complexity index is 3210. The summed E-state index contributed by atoms with van der Waals surface area (Å²) in [7, 11) is 0. The molecular formula is C60H53NO. The molecule has 0 atom stereocenters. The molecule has 0 saturated heterocycles. The normalized spacial score (nSPS) is 16.3. The van der Waals surface area contributed by atoms with Gasteiger partial charge in [0.05, 0.1) is 0 Å². The molecule has 0 radical (unpaired) electrons. The summed E-state index contributed by atoms with van der Waals surface area (Å²) in [5.41, 5.74) is 20.4. The summed E-state index contributed by atoms with van der Waals surface area (Å²) in [6.07, 6.45) is 0. The second-order valence-electron chi connectivity index (χ2n) is 19.8. The summed E-state index contributed by atoms with van der Waals surface area (Å²) in [6.45, 7) is 19.3. The lowest BCUT2D eigenvalue weighted by atomic mass is 9.59. The van der Waals surface area contributed by atoms with Gasteiger partial charge in [-0.1, -0.05) is 177 Å². The van der Waals surface area contributed by atoms with Gasteiger partial charge in [-0.05, 0) is 132 Å². The van der Waals surface area contributed by atoms with Gasteiger partial charge in [-0.25, -0.2) is 0 Å². The first-order valence-electron chi connectivity index (χ1n) is 22.2.